The number of benzene rings is 1. The normalized spacial score (nSPS) is 14.0. The molecule has 4 nitrogen and oxygen atoms in total. The molecule has 2 aromatic rings. The van der Waals surface area contributed by atoms with E-state index in [9.17, 15) is 4.39 Å². The molecule has 1 aromatic heterocycles. The van der Waals surface area contributed by atoms with E-state index in [0.29, 0.717) is 4.73 Å². The van der Waals surface area contributed by atoms with Gasteiger partial charge in [0.2, 0.25) is 0 Å². The fourth-order valence-corrected chi connectivity index (χ4v) is 2.48. The first-order valence-corrected chi connectivity index (χ1v) is 6.80. The Morgan fingerprint density at radius 2 is 2.00 bits per heavy atom. The second kappa shape index (κ2) is 5.22. The van der Waals surface area contributed by atoms with Gasteiger partial charge in [-0.2, -0.15) is 0 Å². The zero-order chi connectivity index (χ0) is 13.2. The quantitative estimate of drug-likeness (QED) is 0.835. The van der Waals surface area contributed by atoms with Crippen LogP contribution in [0.2, 0.25) is 0 Å². The molecule has 1 aliphatic heterocycles. The monoisotopic (exact) mass is 322 g/mol. The van der Waals surface area contributed by atoms with Crippen molar-refractivity contribution in [2.45, 2.75) is 13.0 Å². The van der Waals surface area contributed by atoms with Gasteiger partial charge in [0.05, 0.1) is 5.69 Å². The molecule has 3 rings (SSSR count). The van der Waals surface area contributed by atoms with Crippen LogP contribution in [0.15, 0.2) is 29.0 Å². The van der Waals surface area contributed by atoms with Gasteiger partial charge in [-0.3, -0.25) is 0 Å². The van der Waals surface area contributed by atoms with Gasteiger partial charge in [-0.05, 0) is 40.2 Å². The van der Waals surface area contributed by atoms with Crippen molar-refractivity contribution in [2.24, 2.45) is 0 Å². The van der Waals surface area contributed by atoms with Crippen LogP contribution in [-0.4, -0.2) is 16.5 Å². The number of halogens is 2. The average Bonchev–Trinajstić information content (AvgIpc) is 2.41. The van der Waals surface area contributed by atoms with Gasteiger partial charge in [0.15, 0.2) is 4.73 Å². The molecule has 1 aliphatic rings. The Bertz CT molecular complexity index is 600. The van der Waals surface area contributed by atoms with Gasteiger partial charge < -0.3 is 10.6 Å². The van der Waals surface area contributed by atoms with Gasteiger partial charge >= 0.3 is 0 Å². The molecule has 0 spiro atoms. The Morgan fingerprint density at radius 3 is 2.79 bits per heavy atom. The van der Waals surface area contributed by atoms with Crippen LogP contribution < -0.4 is 10.6 Å². The number of rotatable bonds is 2. The second-order valence-corrected chi connectivity index (χ2v) is 5.03. The van der Waals surface area contributed by atoms with Crippen LogP contribution in [-0.2, 0) is 13.0 Å². The van der Waals surface area contributed by atoms with Crippen LogP contribution in [0, 0.1) is 5.82 Å². The summed E-state index contributed by atoms with van der Waals surface area (Å²) in [4.78, 5) is 8.76. The molecule has 0 saturated carbocycles. The maximum Gasteiger partial charge on any atom is 0.198 e. The molecule has 0 aliphatic carbocycles. The fourth-order valence-electron chi connectivity index (χ4n) is 2.09. The Labute approximate surface area is 118 Å². The Kier molecular flexibility index (Phi) is 3.44. The molecule has 6 heteroatoms. The summed E-state index contributed by atoms with van der Waals surface area (Å²) in [7, 11) is 0. The first-order chi connectivity index (χ1) is 9.22. The summed E-state index contributed by atoms with van der Waals surface area (Å²) in [6, 6.07) is 6.22. The van der Waals surface area contributed by atoms with Crippen LogP contribution in [0.1, 0.15) is 11.3 Å². The van der Waals surface area contributed by atoms with Crippen LogP contribution in [0.3, 0.4) is 0 Å². The van der Waals surface area contributed by atoms with E-state index in [0.717, 1.165) is 42.3 Å². The SMILES string of the molecule is Fc1ccc(Nc2nc(Br)nc3c2CNCC3)cc1. The summed E-state index contributed by atoms with van der Waals surface area (Å²) in [6.07, 6.45) is 0.883. The number of nitrogens with one attached hydrogen (secondary N) is 2. The standard InChI is InChI=1S/C13H12BrFN4/c14-13-18-11-5-6-16-7-10(11)12(19-13)17-9-3-1-8(15)2-4-9/h1-4,16H,5-7H2,(H,17,18,19). The van der Waals surface area contributed by atoms with Crippen molar-refractivity contribution >= 4 is 27.4 Å². The van der Waals surface area contributed by atoms with E-state index in [1.54, 1.807) is 12.1 Å². The highest BCUT2D eigenvalue weighted by molar-refractivity contribution is 9.10. The third-order valence-corrected chi connectivity index (χ3v) is 3.37. The summed E-state index contributed by atoms with van der Waals surface area (Å²) in [5.41, 5.74) is 2.92. The minimum Gasteiger partial charge on any atom is -0.340 e. The zero-order valence-corrected chi connectivity index (χ0v) is 11.7. The molecule has 0 saturated heterocycles. The van der Waals surface area contributed by atoms with E-state index in [-0.39, 0.29) is 5.82 Å². The van der Waals surface area contributed by atoms with E-state index in [2.05, 4.69) is 36.5 Å². The number of hydrogen-bond donors (Lipinski definition) is 2. The molecule has 0 atom stereocenters. The van der Waals surface area contributed by atoms with Gasteiger partial charge in [0, 0.05) is 30.8 Å². The lowest BCUT2D eigenvalue weighted by molar-refractivity contribution is 0.625. The summed E-state index contributed by atoms with van der Waals surface area (Å²) in [5.74, 6) is 0.508. The van der Waals surface area contributed by atoms with E-state index in [1.807, 2.05) is 0 Å². The predicted molar refractivity (Wildman–Crippen MR) is 74.8 cm³/mol. The number of hydrogen-bond acceptors (Lipinski definition) is 4. The van der Waals surface area contributed by atoms with Crippen LogP contribution in [0.5, 0.6) is 0 Å². The Balaban J connectivity index is 1.95. The number of aromatic nitrogens is 2. The highest BCUT2D eigenvalue weighted by Crippen LogP contribution is 2.25. The van der Waals surface area contributed by atoms with Gasteiger partial charge in [0.25, 0.3) is 0 Å². The van der Waals surface area contributed by atoms with E-state index in [4.69, 9.17) is 0 Å². The molecular formula is C13H12BrFN4. The molecule has 2 N–H and O–H groups in total. The van der Waals surface area contributed by atoms with Gasteiger partial charge in [0.1, 0.15) is 11.6 Å². The molecule has 0 radical (unpaired) electrons. The number of anilines is 2. The smallest absolute Gasteiger partial charge is 0.198 e. The highest BCUT2D eigenvalue weighted by Gasteiger charge is 2.16. The third-order valence-electron chi connectivity index (χ3n) is 3.01. The molecule has 19 heavy (non-hydrogen) atoms. The zero-order valence-electron chi connectivity index (χ0n) is 10.1. The summed E-state index contributed by atoms with van der Waals surface area (Å²) < 4.78 is 13.5. The number of fused-ring (bicyclic) bond motifs is 1. The van der Waals surface area contributed by atoms with Gasteiger partial charge in [-0.25, -0.2) is 14.4 Å². The number of nitrogens with zero attached hydrogens (tertiary/aromatic N) is 2. The lowest BCUT2D eigenvalue weighted by Gasteiger charge is -2.19. The van der Waals surface area contributed by atoms with Crippen molar-refractivity contribution in [1.29, 1.82) is 0 Å². The average molecular weight is 323 g/mol. The van der Waals surface area contributed by atoms with Crippen molar-refractivity contribution in [3.8, 4) is 0 Å². The van der Waals surface area contributed by atoms with E-state index >= 15 is 0 Å². The Hall–Kier alpha value is -1.53. The molecule has 0 unspecified atom stereocenters. The minimum atomic E-state index is -0.252. The first kappa shape index (κ1) is 12.5. The largest absolute Gasteiger partial charge is 0.340 e. The van der Waals surface area contributed by atoms with E-state index < -0.39 is 0 Å². The molecule has 0 amide bonds. The van der Waals surface area contributed by atoms with E-state index in [1.165, 1.54) is 12.1 Å². The molecule has 2 heterocycles. The minimum absolute atomic E-state index is 0.252. The third kappa shape index (κ3) is 2.74. The summed E-state index contributed by atoms with van der Waals surface area (Å²) in [6.45, 7) is 1.67. The Morgan fingerprint density at radius 1 is 1.21 bits per heavy atom. The lowest BCUT2D eigenvalue weighted by Crippen LogP contribution is -2.26. The van der Waals surface area contributed by atoms with Crippen molar-refractivity contribution in [1.82, 2.24) is 15.3 Å². The first-order valence-electron chi connectivity index (χ1n) is 6.01. The van der Waals surface area contributed by atoms with Crippen molar-refractivity contribution in [2.75, 3.05) is 11.9 Å². The second-order valence-electron chi connectivity index (χ2n) is 4.33. The van der Waals surface area contributed by atoms with Crippen LogP contribution in [0.25, 0.3) is 0 Å². The lowest BCUT2D eigenvalue weighted by atomic mass is 10.1. The van der Waals surface area contributed by atoms with Crippen molar-refractivity contribution < 1.29 is 4.39 Å². The maximum absolute atomic E-state index is 12.9. The molecular weight excluding hydrogens is 311 g/mol. The maximum atomic E-state index is 12.9. The fraction of sp³-hybridized carbons (Fsp3) is 0.231. The molecule has 0 fully saturated rings. The molecule has 1 aromatic carbocycles. The molecule has 98 valence electrons. The summed E-state index contributed by atoms with van der Waals surface area (Å²) in [5, 5.41) is 6.51. The summed E-state index contributed by atoms with van der Waals surface area (Å²) >= 11 is 3.32. The topological polar surface area (TPSA) is 49.8 Å². The van der Waals surface area contributed by atoms with Crippen LogP contribution >= 0.6 is 15.9 Å². The van der Waals surface area contributed by atoms with Crippen molar-refractivity contribution in [3.63, 3.8) is 0 Å². The van der Waals surface area contributed by atoms with Crippen molar-refractivity contribution in [3.05, 3.63) is 46.1 Å². The van der Waals surface area contributed by atoms with Crippen LogP contribution in [0.4, 0.5) is 15.9 Å². The highest BCUT2D eigenvalue weighted by atomic mass is 79.9. The van der Waals surface area contributed by atoms with Gasteiger partial charge in [-0.15, -0.1) is 0 Å². The molecule has 0 bridgehead atoms. The van der Waals surface area contributed by atoms with Gasteiger partial charge in [-0.1, -0.05) is 0 Å². The predicted octanol–water partition coefficient (Wildman–Crippen LogP) is 2.77.